The van der Waals surface area contributed by atoms with Crippen molar-refractivity contribution < 1.29 is 18.7 Å². The van der Waals surface area contributed by atoms with Gasteiger partial charge < -0.3 is 19.0 Å². The monoisotopic (exact) mass is 402 g/mol. The van der Waals surface area contributed by atoms with Crippen LogP contribution in [0.3, 0.4) is 0 Å². The maximum absolute atomic E-state index is 12.8. The van der Waals surface area contributed by atoms with Gasteiger partial charge in [0.1, 0.15) is 5.76 Å². The largest absolute Gasteiger partial charge is 0.451 e. The van der Waals surface area contributed by atoms with E-state index in [0.29, 0.717) is 68.8 Å². The molecule has 2 saturated heterocycles. The Bertz CT molecular complexity index is 852. The summed E-state index contributed by atoms with van der Waals surface area (Å²) in [5, 5.41) is 0.582. The van der Waals surface area contributed by atoms with Crippen molar-refractivity contribution in [3.8, 4) is 11.3 Å². The highest BCUT2D eigenvalue weighted by molar-refractivity contribution is 6.33. The number of carbonyl (C=O) groups is 2. The molecule has 0 bridgehead atoms. The van der Waals surface area contributed by atoms with Gasteiger partial charge in [-0.2, -0.15) is 0 Å². The van der Waals surface area contributed by atoms with Crippen LogP contribution < -0.4 is 0 Å². The molecule has 6 nitrogen and oxygen atoms in total. The molecule has 28 heavy (non-hydrogen) atoms. The van der Waals surface area contributed by atoms with E-state index in [2.05, 4.69) is 0 Å². The Morgan fingerprint density at radius 2 is 1.64 bits per heavy atom. The standard InChI is InChI=1S/C21H23ClN2O4/c22-17-4-2-1-3-16(17)18-5-6-19(28-18)21(26)23-9-7-15(8-10-23)20(25)24-11-13-27-14-12-24/h1-6,15H,7-14H2. The van der Waals surface area contributed by atoms with Gasteiger partial charge in [0.2, 0.25) is 5.91 Å². The first-order valence-electron chi connectivity index (χ1n) is 9.64. The fourth-order valence-electron chi connectivity index (χ4n) is 3.79. The zero-order valence-electron chi connectivity index (χ0n) is 15.6. The summed E-state index contributed by atoms with van der Waals surface area (Å²) in [4.78, 5) is 29.1. The molecule has 1 aromatic carbocycles. The molecule has 2 aromatic rings. The second-order valence-corrected chi connectivity index (χ2v) is 7.56. The molecule has 1 aromatic heterocycles. The Balaban J connectivity index is 1.37. The molecule has 0 atom stereocenters. The van der Waals surface area contributed by atoms with Crippen molar-refractivity contribution in [3.05, 3.63) is 47.2 Å². The van der Waals surface area contributed by atoms with Crippen molar-refractivity contribution in [1.29, 1.82) is 0 Å². The van der Waals surface area contributed by atoms with Crippen LogP contribution in [-0.4, -0.2) is 61.0 Å². The molecule has 2 amide bonds. The number of benzene rings is 1. The van der Waals surface area contributed by atoms with E-state index >= 15 is 0 Å². The van der Waals surface area contributed by atoms with E-state index in [1.165, 1.54) is 0 Å². The van der Waals surface area contributed by atoms with Gasteiger partial charge in [-0.15, -0.1) is 0 Å². The molecule has 4 rings (SSSR count). The Morgan fingerprint density at radius 1 is 0.929 bits per heavy atom. The number of ether oxygens (including phenoxy) is 1. The lowest BCUT2D eigenvalue weighted by molar-refractivity contribution is -0.141. The van der Waals surface area contributed by atoms with Crippen LogP contribution in [0.1, 0.15) is 23.4 Å². The van der Waals surface area contributed by atoms with Crippen LogP contribution in [0.2, 0.25) is 5.02 Å². The molecule has 2 aliphatic heterocycles. The molecule has 148 valence electrons. The van der Waals surface area contributed by atoms with Crippen molar-refractivity contribution >= 4 is 23.4 Å². The fourth-order valence-corrected chi connectivity index (χ4v) is 4.01. The van der Waals surface area contributed by atoms with E-state index in [1.807, 2.05) is 23.1 Å². The third kappa shape index (κ3) is 3.93. The highest BCUT2D eigenvalue weighted by atomic mass is 35.5. The molecule has 0 N–H and O–H groups in total. The number of morpholine rings is 1. The van der Waals surface area contributed by atoms with Gasteiger partial charge in [-0.3, -0.25) is 9.59 Å². The van der Waals surface area contributed by atoms with E-state index in [-0.39, 0.29) is 17.7 Å². The van der Waals surface area contributed by atoms with Crippen LogP contribution in [0.15, 0.2) is 40.8 Å². The van der Waals surface area contributed by atoms with Gasteiger partial charge >= 0.3 is 0 Å². The molecular formula is C21H23ClN2O4. The average Bonchev–Trinajstić information content (AvgIpc) is 3.24. The highest BCUT2D eigenvalue weighted by Gasteiger charge is 2.32. The molecule has 0 unspecified atom stereocenters. The average molecular weight is 403 g/mol. The third-order valence-electron chi connectivity index (χ3n) is 5.41. The van der Waals surface area contributed by atoms with Crippen molar-refractivity contribution in [1.82, 2.24) is 9.80 Å². The summed E-state index contributed by atoms with van der Waals surface area (Å²) in [5.74, 6) is 0.904. The van der Waals surface area contributed by atoms with Gasteiger partial charge in [-0.25, -0.2) is 0 Å². The Kier molecular flexibility index (Phi) is 5.69. The number of rotatable bonds is 3. The van der Waals surface area contributed by atoms with Crippen LogP contribution >= 0.6 is 11.6 Å². The van der Waals surface area contributed by atoms with Crippen molar-refractivity contribution in [3.63, 3.8) is 0 Å². The molecule has 0 radical (unpaired) electrons. The first-order chi connectivity index (χ1) is 13.6. The number of nitrogens with zero attached hydrogens (tertiary/aromatic N) is 2. The van der Waals surface area contributed by atoms with Crippen molar-refractivity contribution in [2.24, 2.45) is 5.92 Å². The van der Waals surface area contributed by atoms with Gasteiger partial charge in [0.05, 0.1) is 18.2 Å². The molecule has 3 heterocycles. The Hall–Kier alpha value is -2.31. The summed E-state index contributed by atoms with van der Waals surface area (Å²) in [7, 11) is 0. The molecule has 2 fully saturated rings. The van der Waals surface area contributed by atoms with E-state index in [1.54, 1.807) is 23.1 Å². The van der Waals surface area contributed by atoms with Gasteiger partial charge in [0, 0.05) is 37.7 Å². The highest BCUT2D eigenvalue weighted by Crippen LogP contribution is 2.30. The lowest BCUT2D eigenvalue weighted by Gasteiger charge is -2.35. The Morgan fingerprint density at radius 3 is 2.36 bits per heavy atom. The van der Waals surface area contributed by atoms with E-state index in [0.717, 1.165) is 5.56 Å². The van der Waals surface area contributed by atoms with Gasteiger partial charge in [-0.1, -0.05) is 23.7 Å². The minimum Gasteiger partial charge on any atom is -0.451 e. The normalized spacial score (nSPS) is 18.3. The smallest absolute Gasteiger partial charge is 0.289 e. The zero-order chi connectivity index (χ0) is 19.5. The number of halogens is 1. The number of hydrogen-bond donors (Lipinski definition) is 0. The lowest BCUT2D eigenvalue weighted by Crippen LogP contribution is -2.47. The molecule has 2 aliphatic rings. The SMILES string of the molecule is O=C(c1ccc(-c2ccccc2Cl)o1)N1CCC(C(=O)N2CCOCC2)CC1. The Labute approximate surface area is 169 Å². The minimum atomic E-state index is -0.143. The predicted octanol–water partition coefficient (Wildman–Crippen LogP) is 3.31. The number of furan rings is 1. The second-order valence-electron chi connectivity index (χ2n) is 7.15. The van der Waals surface area contributed by atoms with Gasteiger partial charge in [0.25, 0.3) is 5.91 Å². The van der Waals surface area contributed by atoms with Gasteiger partial charge in [0.15, 0.2) is 5.76 Å². The minimum absolute atomic E-state index is 0.0163. The second kappa shape index (κ2) is 8.37. The van der Waals surface area contributed by atoms with Crippen LogP contribution in [0.25, 0.3) is 11.3 Å². The summed E-state index contributed by atoms with van der Waals surface area (Å²) in [6, 6.07) is 10.8. The van der Waals surface area contributed by atoms with Crippen LogP contribution in [0.5, 0.6) is 0 Å². The van der Waals surface area contributed by atoms with Crippen LogP contribution in [0.4, 0.5) is 0 Å². The molecule has 0 saturated carbocycles. The lowest BCUT2D eigenvalue weighted by atomic mass is 9.95. The van der Waals surface area contributed by atoms with E-state index in [9.17, 15) is 9.59 Å². The summed E-state index contributed by atoms with van der Waals surface area (Å²) in [5.41, 5.74) is 0.762. The molecule has 0 spiro atoms. The molecule has 7 heteroatoms. The maximum Gasteiger partial charge on any atom is 0.289 e. The van der Waals surface area contributed by atoms with Crippen LogP contribution in [0, 0.1) is 5.92 Å². The predicted molar refractivity (Wildman–Crippen MR) is 105 cm³/mol. The van der Waals surface area contributed by atoms with Crippen LogP contribution in [-0.2, 0) is 9.53 Å². The van der Waals surface area contributed by atoms with E-state index in [4.69, 9.17) is 20.8 Å². The van der Waals surface area contributed by atoms with Gasteiger partial charge in [-0.05, 0) is 37.1 Å². The zero-order valence-corrected chi connectivity index (χ0v) is 16.4. The topological polar surface area (TPSA) is 63.0 Å². The summed E-state index contributed by atoms with van der Waals surface area (Å²) < 4.78 is 11.1. The molecular weight excluding hydrogens is 380 g/mol. The summed E-state index contributed by atoms with van der Waals surface area (Å²) in [6.45, 7) is 3.65. The maximum atomic E-state index is 12.8. The van der Waals surface area contributed by atoms with E-state index < -0.39 is 0 Å². The fraction of sp³-hybridized carbons (Fsp3) is 0.429. The quantitative estimate of drug-likeness (QED) is 0.790. The summed E-state index contributed by atoms with van der Waals surface area (Å²) >= 11 is 6.21. The van der Waals surface area contributed by atoms with Crippen molar-refractivity contribution in [2.75, 3.05) is 39.4 Å². The number of likely N-dealkylation sites (tertiary alicyclic amines) is 1. The first-order valence-corrected chi connectivity index (χ1v) is 10.0. The summed E-state index contributed by atoms with van der Waals surface area (Å²) in [6.07, 6.45) is 1.36. The number of piperidine rings is 1. The number of hydrogen-bond acceptors (Lipinski definition) is 4. The number of carbonyl (C=O) groups excluding carboxylic acids is 2. The third-order valence-corrected chi connectivity index (χ3v) is 5.74. The molecule has 0 aliphatic carbocycles. The first kappa shape index (κ1) is 19.0. The van der Waals surface area contributed by atoms with Crippen molar-refractivity contribution in [2.45, 2.75) is 12.8 Å². The number of amides is 2.